The summed E-state index contributed by atoms with van der Waals surface area (Å²) in [5.41, 5.74) is 3.56. The highest BCUT2D eigenvalue weighted by molar-refractivity contribution is 5.75. The summed E-state index contributed by atoms with van der Waals surface area (Å²) in [7, 11) is 6.17. The van der Waals surface area contributed by atoms with Gasteiger partial charge in [0, 0.05) is 33.9 Å². The predicted molar refractivity (Wildman–Crippen MR) is 102 cm³/mol. The van der Waals surface area contributed by atoms with Crippen molar-refractivity contribution in [2.45, 2.75) is 25.4 Å². The van der Waals surface area contributed by atoms with Gasteiger partial charge in [-0.15, -0.1) is 0 Å². The Morgan fingerprint density at radius 2 is 2.00 bits per heavy atom. The minimum atomic E-state index is 0.380. The molecule has 2 aromatic heterocycles. The Morgan fingerprint density at radius 3 is 2.72 bits per heavy atom. The van der Waals surface area contributed by atoms with E-state index in [1.54, 1.807) is 0 Å². The first-order valence-corrected chi connectivity index (χ1v) is 8.91. The zero-order valence-corrected chi connectivity index (χ0v) is 15.2. The summed E-state index contributed by atoms with van der Waals surface area (Å²) in [5, 5.41) is 0. The molecule has 0 saturated carbocycles. The zero-order chi connectivity index (χ0) is 17.4. The summed E-state index contributed by atoms with van der Waals surface area (Å²) in [5.74, 6) is 2.17. The number of hydrogen-bond donors (Lipinski definition) is 0. The number of aryl methyl sites for hydroxylation is 1. The van der Waals surface area contributed by atoms with Crippen molar-refractivity contribution < 1.29 is 0 Å². The van der Waals surface area contributed by atoms with Crippen molar-refractivity contribution >= 4 is 16.9 Å². The van der Waals surface area contributed by atoms with Crippen LogP contribution in [-0.2, 0) is 13.6 Å². The van der Waals surface area contributed by atoms with Gasteiger partial charge in [-0.2, -0.15) is 0 Å². The summed E-state index contributed by atoms with van der Waals surface area (Å²) in [6.07, 6.45) is 4.39. The number of hydrogen-bond acceptors (Lipinski definition) is 4. The van der Waals surface area contributed by atoms with Crippen molar-refractivity contribution in [3.05, 3.63) is 54.0 Å². The van der Waals surface area contributed by atoms with Crippen molar-refractivity contribution in [1.29, 1.82) is 0 Å². The molecule has 130 valence electrons. The van der Waals surface area contributed by atoms with E-state index in [2.05, 4.69) is 57.9 Å². The maximum absolute atomic E-state index is 4.92. The van der Waals surface area contributed by atoms with Crippen LogP contribution in [0.4, 0.5) is 5.82 Å². The van der Waals surface area contributed by atoms with Gasteiger partial charge in [0.25, 0.3) is 0 Å². The third-order valence-corrected chi connectivity index (χ3v) is 5.14. The van der Waals surface area contributed by atoms with Gasteiger partial charge >= 0.3 is 0 Å². The van der Waals surface area contributed by atoms with E-state index in [0.29, 0.717) is 6.04 Å². The minimum Gasteiger partial charge on any atom is -0.363 e. The number of para-hydroxylation sites is 2. The fraction of sp³-hybridized carbons (Fsp3) is 0.400. The van der Waals surface area contributed by atoms with E-state index < -0.39 is 0 Å². The molecule has 4 rings (SSSR count). The van der Waals surface area contributed by atoms with E-state index in [-0.39, 0.29) is 0 Å². The molecule has 1 aliphatic rings. The standard InChI is InChI=1S/C20H25N5/c1-23(2)19-11-10-15(13-21-19)14-25-12-6-9-18(25)20-22-16-7-4-5-8-17(16)24(20)3/h4-5,7-8,10-11,13,18H,6,9,12,14H2,1-3H3. The zero-order valence-electron chi connectivity index (χ0n) is 15.2. The Labute approximate surface area is 148 Å². The highest BCUT2D eigenvalue weighted by atomic mass is 15.2. The maximum atomic E-state index is 4.92. The molecule has 5 heteroatoms. The minimum absolute atomic E-state index is 0.380. The van der Waals surface area contributed by atoms with Gasteiger partial charge in [-0.25, -0.2) is 9.97 Å². The number of benzene rings is 1. The van der Waals surface area contributed by atoms with E-state index in [1.807, 2.05) is 25.2 Å². The summed E-state index contributed by atoms with van der Waals surface area (Å²) in [4.78, 5) is 14.0. The second-order valence-corrected chi connectivity index (χ2v) is 7.07. The molecular weight excluding hydrogens is 310 g/mol. The molecule has 0 amide bonds. The number of imidazole rings is 1. The van der Waals surface area contributed by atoms with Gasteiger partial charge in [0.15, 0.2) is 0 Å². The van der Waals surface area contributed by atoms with Crippen molar-refractivity contribution in [1.82, 2.24) is 19.4 Å². The highest BCUT2D eigenvalue weighted by Gasteiger charge is 2.29. The van der Waals surface area contributed by atoms with Crippen LogP contribution >= 0.6 is 0 Å². The van der Waals surface area contributed by atoms with E-state index >= 15 is 0 Å². The van der Waals surface area contributed by atoms with Crippen LogP contribution in [0.3, 0.4) is 0 Å². The fourth-order valence-corrected chi connectivity index (χ4v) is 3.78. The van der Waals surface area contributed by atoms with Gasteiger partial charge in [0.2, 0.25) is 0 Å². The molecular formula is C20H25N5. The van der Waals surface area contributed by atoms with Crippen molar-refractivity contribution in [3.8, 4) is 0 Å². The largest absolute Gasteiger partial charge is 0.363 e. The Hall–Kier alpha value is -2.40. The predicted octanol–water partition coefficient (Wildman–Crippen LogP) is 3.37. The number of anilines is 1. The molecule has 0 aliphatic carbocycles. The van der Waals surface area contributed by atoms with Crippen LogP contribution in [0.15, 0.2) is 42.6 Å². The van der Waals surface area contributed by atoms with Gasteiger partial charge < -0.3 is 9.47 Å². The van der Waals surface area contributed by atoms with E-state index in [0.717, 1.165) is 24.4 Å². The Balaban J connectivity index is 1.58. The van der Waals surface area contributed by atoms with Gasteiger partial charge in [-0.05, 0) is 43.1 Å². The molecule has 0 radical (unpaired) electrons. The van der Waals surface area contributed by atoms with Crippen LogP contribution in [0.2, 0.25) is 0 Å². The SMILES string of the molecule is CN(C)c1ccc(CN2CCCC2c2nc3ccccc3n2C)cn1. The third-order valence-electron chi connectivity index (χ3n) is 5.14. The summed E-state index contributed by atoms with van der Waals surface area (Å²) in [6.45, 7) is 2.04. The van der Waals surface area contributed by atoms with Crippen molar-refractivity contribution in [3.63, 3.8) is 0 Å². The normalized spacial score (nSPS) is 18.1. The Morgan fingerprint density at radius 1 is 1.16 bits per heavy atom. The molecule has 5 nitrogen and oxygen atoms in total. The number of rotatable bonds is 4. The Bertz CT molecular complexity index is 865. The number of fused-ring (bicyclic) bond motifs is 1. The van der Waals surface area contributed by atoms with Crippen LogP contribution in [-0.4, -0.2) is 40.1 Å². The van der Waals surface area contributed by atoms with E-state index in [9.17, 15) is 0 Å². The molecule has 25 heavy (non-hydrogen) atoms. The first-order valence-electron chi connectivity index (χ1n) is 8.91. The number of pyridine rings is 1. The smallest absolute Gasteiger partial charge is 0.127 e. The highest BCUT2D eigenvalue weighted by Crippen LogP contribution is 2.33. The van der Waals surface area contributed by atoms with Crippen LogP contribution in [0, 0.1) is 0 Å². The molecule has 1 unspecified atom stereocenters. The van der Waals surface area contributed by atoms with Gasteiger partial charge in [-0.1, -0.05) is 18.2 Å². The molecule has 0 spiro atoms. The molecule has 1 aromatic carbocycles. The van der Waals surface area contributed by atoms with E-state index in [1.165, 1.54) is 29.7 Å². The Kier molecular flexibility index (Phi) is 4.17. The first-order chi connectivity index (χ1) is 12.1. The number of likely N-dealkylation sites (tertiary alicyclic amines) is 1. The summed E-state index contributed by atoms with van der Waals surface area (Å²) in [6, 6.07) is 13.0. The molecule has 1 fully saturated rings. The van der Waals surface area contributed by atoms with Crippen LogP contribution in [0.5, 0.6) is 0 Å². The maximum Gasteiger partial charge on any atom is 0.127 e. The fourth-order valence-electron chi connectivity index (χ4n) is 3.78. The lowest BCUT2D eigenvalue weighted by Gasteiger charge is -2.24. The average molecular weight is 335 g/mol. The summed E-state index contributed by atoms with van der Waals surface area (Å²) >= 11 is 0. The van der Waals surface area contributed by atoms with Crippen LogP contribution in [0.1, 0.15) is 30.3 Å². The van der Waals surface area contributed by atoms with Gasteiger partial charge in [0.1, 0.15) is 11.6 Å². The van der Waals surface area contributed by atoms with Crippen molar-refractivity contribution in [2.24, 2.45) is 7.05 Å². The van der Waals surface area contributed by atoms with Crippen LogP contribution < -0.4 is 4.90 Å². The molecule has 0 N–H and O–H groups in total. The average Bonchev–Trinajstić information content (AvgIpc) is 3.20. The lowest BCUT2D eigenvalue weighted by molar-refractivity contribution is 0.237. The molecule has 0 bridgehead atoms. The molecule has 1 aliphatic heterocycles. The first kappa shape index (κ1) is 16.1. The molecule has 3 aromatic rings. The monoisotopic (exact) mass is 335 g/mol. The van der Waals surface area contributed by atoms with E-state index in [4.69, 9.17) is 4.98 Å². The topological polar surface area (TPSA) is 37.2 Å². The number of nitrogens with zero attached hydrogens (tertiary/aromatic N) is 5. The van der Waals surface area contributed by atoms with Gasteiger partial charge in [0.05, 0.1) is 17.1 Å². The third kappa shape index (κ3) is 3.00. The van der Waals surface area contributed by atoms with Crippen molar-refractivity contribution in [2.75, 3.05) is 25.5 Å². The summed E-state index contributed by atoms with van der Waals surface area (Å²) < 4.78 is 2.26. The lowest BCUT2D eigenvalue weighted by atomic mass is 10.2. The van der Waals surface area contributed by atoms with Crippen LogP contribution in [0.25, 0.3) is 11.0 Å². The lowest BCUT2D eigenvalue weighted by Crippen LogP contribution is -2.25. The van der Waals surface area contributed by atoms with Gasteiger partial charge in [-0.3, -0.25) is 4.90 Å². The second kappa shape index (κ2) is 6.48. The second-order valence-electron chi connectivity index (χ2n) is 7.07. The quantitative estimate of drug-likeness (QED) is 0.732. The molecule has 3 heterocycles. The molecule has 1 atom stereocenters. The number of aromatic nitrogens is 3. The molecule has 1 saturated heterocycles.